The fraction of sp³-hybridized carbons (Fsp3) is 0.438. The van der Waals surface area contributed by atoms with Gasteiger partial charge in [-0.1, -0.05) is 32.0 Å². The van der Waals surface area contributed by atoms with Gasteiger partial charge in [0.25, 0.3) is 5.91 Å². The van der Waals surface area contributed by atoms with Crippen LogP contribution in [-0.2, 0) is 24.2 Å². The van der Waals surface area contributed by atoms with E-state index in [1.807, 2.05) is 50.2 Å². The third-order valence-corrected chi connectivity index (χ3v) is 8.09. The topological polar surface area (TPSA) is 103 Å². The minimum absolute atomic E-state index is 0.169. The summed E-state index contributed by atoms with van der Waals surface area (Å²) < 4.78 is 6.56. The number of fused-ring (bicyclic) bond motifs is 1. The molecule has 0 bridgehead atoms. The van der Waals surface area contributed by atoms with Crippen LogP contribution < -0.4 is 15.1 Å². The van der Waals surface area contributed by atoms with Gasteiger partial charge in [-0.3, -0.25) is 9.69 Å². The number of ether oxygens (including phenoxy) is 1. The van der Waals surface area contributed by atoms with Crippen LogP contribution >= 0.6 is 0 Å². The van der Waals surface area contributed by atoms with Gasteiger partial charge in [0.2, 0.25) is 0 Å². The number of amides is 3. The van der Waals surface area contributed by atoms with Gasteiger partial charge < -0.3 is 24.8 Å². The number of benzene rings is 2. The summed E-state index contributed by atoms with van der Waals surface area (Å²) in [5.74, 6) is -0.0833. The maximum atomic E-state index is 13.8. The van der Waals surface area contributed by atoms with Crippen molar-refractivity contribution in [2.24, 2.45) is 0 Å². The smallest absolute Gasteiger partial charge is 0.435 e. The third kappa shape index (κ3) is 6.36. The van der Waals surface area contributed by atoms with E-state index in [2.05, 4.69) is 34.2 Å². The average molecular weight is 588 g/mol. The number of rotatable bonds is 8. The van der Waals surface area contributed by atoms with E-state index in [1.165, 1.54) is 4.68 Å². The molecule has 3 heterocycles. The first-order chi connectivity index (χ1) is 20.8. The number of carbonyl (C=O) groups is 3. The summed E-state index contributed by atoms with van der Waals surface area (Å²) in [6, 6.07) is 15.2. The van der Waals surface area contributed by atoms with Gasteiger partial charge in [-0.25, -0.2) is 9.59 Å². The third-order valence-electron chi connectivity index (χ3n) is 8.09. The van der Waals surface area contributed by atoms with Crippen LogP contribution in [0, 0.1) is 0 Å². The van der Waals surface area contributed by atoms with Crippen molar-refractivity contribution in [3.8, 4) is 0 Å². The van der Waals surface area contributed by atoms with Gasteiger partial charge in [-0.15, -0.1) is 5.10 Å². The van der Waals surface area contributed by atoms with Crippen LogP contribution in [0.5, 0.6) is 0 Å². The van der Waals surface area contributed by atoms with Crippen molar-refractivity contribution in [1.29, 1.82) is 0 Å². The molecular weight excluding hydrogens is 546 g/mol. The Morgan fingerprint density at radius 2 is 1.67 bits per heavy atom. The molecule has 2 aromatic carbocycles. The fourth-order valence-electron chi connectivity index (χ4n) is 5.60. The number of hydrogen-bond donors (Lipinski definition) is 1. The van der Waals surface area contributed by atoms with Crippen LogP contribution in [0.2, 0.25) is 0 Å². The molecule has 0 radical (unpaired) electrons. The lowest BCUT2D eigenvalue weighted by Crippen LogP contribution is -2.44. The average Bonchev–Trinajstić information content (AvgIpc) is 3.61. The van der Waals surface area contributed by atoms with Crippen molar-refractivity contribution in [1.82, 2.24) is 19.6 Å². The molecule has 3 amide bonds. The molecule has 0 atom stereocenters. The molecule has 11 heteroatoms. The van der Waals surface area contributed by atoms with Gasteiger partial charge in [-0.05, 0) is 62.7 Å². The van der Waals surface area contributed by atoms with Crippen molar-refractivity contribution in [2.75, 3.05) is 61.5 Å². The Kier molecular flexibility index (Phi) is 9.30. The van der Waals surface area contributed by atoms with E-state index in [-0.39, 0.29) is 37.5 Å². The number of aromatic nitrogens is 2. The number of urea groups is 1. The number of nitrogens with one attached hydrogen (secondary N) is 1. The van der Waals surface area contributed by atoms with E-state index in [0.717, 1.165) is 49.5 Å². The van der Waals surface area contributed by atoms with Crippen molar-refractivity contribution < 1.29 is 19.1 Å². The largest absolute Gasteiger partial charge is 0.448 e. The Morgan fingerprint density at radius 1 is 0.953 bits per heavy atom. The number of anilines is 3. The molecule has 3 aromatic rings. The van der Waals surface area contributed by atoms with Crippen LogP contribution in [0.1, 0.15) is 54.4 Å². The zero-order valence-corrected chi connectivity index (χ0v) is 25.5. The minimum atomic E-state index is -0.631. The first-order valence-corrected chi connectivity index (χ1v) is 15.1. The molecule has 11 nitrogen and oxygen atoms in total. The molecule has 228 valence electrons. The van der Waals surface area contributed by atoms with E-state index in [1.54, 1.807) is 21.9 Å². The predicted octanol–water partition coefficient (Wildman–Crippen LogP) is 4.81. The van der Waals surface area contributed by atoms with Crippen LogP contribution in [0.15, 0.2) is 48.5 Å². The standard InChI is InChI=1S/C32H41N7O4/c1-5-20-43-32(42)39-28-22-37(31(41)38(7-3)27-11-9-8-10-23(27)6-2)21-26(28)29(34-39)33-30(40)24-12-14-25(15-13-24)36-18-16-35(4)17-19-36/h8-15H,5-7,16-22H2,1-4H3,(H,33,34,40). The normalized spacial score (nSPS) is 14.9. The maximum absolute atomic E-state index is 13.8. The monoisotopic (exact) mass is 587 g/mol. The van der Waals surface area contributed by atoms with E-state index in [0.29, 0.717) is 29.8 Å². The van der Waals surface area contributed by atoms with Crippen molar-refractivity contribution >= 4 is 35.2 Å². The summed E-state index contributed by atoms with van der Waals surface area (Å²) in [7, 11) is 2.12. The number of aryl methyl sites for hydroxylation is 1. The molecule has 1 fully saturated rings. The number of piperazine rings is 1. The van der Waals surface area contributed by atoms with E-state index < -0.39 is 6.09 Å². The highest BCUT2D eigenvalue weighted by molar-refractivity contribution is 6.04. The molecule has 5 rings (SSSR count). The van der Waals surface area contributed by atoms with Crippen LogP contribution in [0.25, 0.3) is 0 Å². The number of nitrogens with zero attached hydrogens (tertiary/aromatic N) is 6. The van der Waals surface area contributed by atoms with Crippen molar-refractivity contribution in [3.63, 3.8) is 0 Å². The molecular formula is C32H41N7O4. The van der Waals surface area contributed by atoms with Gasteiger partial charge in [0, 0.05) is 55.2 Å². The number of carbonyl (C=O) groups excluding carboxylic acids is 3. The van der Waals surface area contributed by atoms with Gasteiger partial charge >= 0.3 is 12.1 Å². The summed E-state index contributed by atoms with van der Waals surface area (Å²) in [6.07, 6.45) is 0.828. The molecule has 0 saturated carbocycles. The summed E-state index contributed by atoms with van der Waals surface area (Å²) in [6.45, 7) is 10.9. The first kappa shape index (κ1) is 30.1. The van der Waals surface area contributed by atoms with Crippen LogP contribution in [-0.4, -0.2) is 84.0 Å². The molecule has 43 heavy (non-hydrogen) atoms. The fourth-order valence-corrected chi connectivity index (χ4v) is 5.60. The minimum Gasteiger partial charge on any atom is -0.448 e. The highest BCUT2D eigenvalue weighted by atomic mass is 16.6. The van der Waals surface area contributed by atoms with E-state index in [4.69, 9.17) is 4.74 Å². The number of hydrogen-bond acceptors (Lipinski definition) is 7. The molecule has 1 N–H and O–H groups in total. The van der Waals surface area contributed by atoms with E-state index >= 15 is 0 Å². The highest BCUT2D eigenvalue weighted by Gasteiger charge is 2.36. The lowest BCUT2D eigenvalue weighted by Gasteiger charge is -2.34. The van der Waals surface area contributed by atoms with Gasteiger partial charge in [0.05, 0.1) is 25.4 Å². The Labute approximate surface area is 253 Å². The molecule has 1 saturated heterocycles. The second kappa shape index (κ2) is 13.3. The molecule has 0 aliphatic carbocycles. The van der Waals surface area contributed by atoms with Gasteiger partial charge in [0.1, 0.15) is 0 Å². The molecule has 1 aromatic heterocycles. The second-order valence-corrected chi connectivity index (χ2v) is 11.0. The zero-order valence-electron chi connectivity index (χ0n) is 25.5. The first-order valence-electron chi connectivity index (χ1n) is 15.1. The summed E-state index contributed by atoms with van der Waals surface area (Å²) in [5, 5.41) is 7.34. The summed E-state index contributed by atoms with van der Waals surface area (Å²) in [4.78, 5) is 48.1. The molecule has 0 unspecified atom stereocenters. The van der Waals surface area contributed by atoms with Crippen LogP contribution in [0.4, 0.5) is 26.8 Å². The predicted molar refractivity (Wildman–Crippen MR) is 167 cm³/mol. The van der Waals surface area contributed by atoms with Crippen LogP contribution in [0.3, 0.4) is 0 Å². The lowest BCUT2D eigenvalue weighted by molar-refractivity contribution is 0.102. The number of likely N-dealkylation sites (N-methyl/N-ethyl adjacent to an activating group) is 1. The molecule has 2 aliphatic heterocycles. The van der Waals surface area contributed by atoms with Gasteiger partial charge in [0.15, 0.2) is 5.82 Å². The van der Waals surface area contributed by atoms with Crippen molar-refractivity contribution in [2.45, 2.75) is 46.7 Å². The Balaban J connectivity index is 1.36. The van der Waals surface area contributed by atoms with Crippen molar-refractivity contribution in [3.05, 3.63) is 70.9 Å². The summed E-state index contributed by atoms with van der Waals surface area (Å²) in [5.41, 5.74) is 4.67. The summed E-state index contributed by atoms with van der Waals surface area (Å²) >= 11 is 0. The Hall–Kier alpha value is -4.38. The highest BCUT2D eigenvalue weighted by Crippen LogP contribution is 2.32. The van der Waals surface area contributed by atoms with E-state index in [9.17, 15) is 14.4 Å². The maximum Gasteiger partial charge on any atom is 0.435 e. The molecule has 2 aliphatic rings. The van der Waals surface area contributed by atoms with Gasteiger partial charge in [-0.2, -0.15) is 4.68 Å². The Morgan fingerprint density at radius 3 is 2.35 bits per heavy atom. The lowest BCUT2D eigenvalue weighted by atomic mass is 10.1. The zero-order chi connectivity index (χ0) is 30.5. The quantitative estimate of drug-likeness (QED) is 0.404. The molecule has 0 spiro atoms. The number of para-hydroxylation sites is 1. The SMILES string of the molecule is CCCOC(=O)n1nc(NC(=O)c2ccc(N3CCN(C)CC3)cc2)c2c1CN(C(=O)N(CC)c1ccccc1CC)C2. The second-order valence-electron chi connectivity index (χ2n) is 11.0. The Bertz CT molecular complexity index is 1460.